The Morgan fingerprint density at radius 3 is 2.33 bits per heavy atom. The molecule has 0 aliphatic carbocycles. The monoisotopic (exact) mass is 281 g/mol. The smallest absolute Gasteiger partial charge is 0.296 e. The van der Waals surface area contributed by atoms with Crippen LogP contribution in [-0.2, 0) is 11.3 Å². The number of halogens is 4. The highest BCUT2D eigenvalue weighted by molar-refractivity contribution is 6.18. The first-order chi connectivity index (χ1) is 8.51. The molecule has 0 spiro atoms. The van der Waals surface area contributed by atoms with E-state index in [1.54, 1.807) is 0 Å². The van der Waals surface area contributed by atoms with Crippen molar-refractivity contribution in [2.45, 2.75) is 12.9 Å². The van der Waals surface area contributed by atoms with Crippen molar-refractivity contribution >= 4 is 11.6 Å². The number of hydrogen-bond donors (Lipinski definition) is 0. The SMILES string of the molecule is FC(F)(F)OCCN(CCCl)Cc1ccccc1. The van der Waals surface area contributed by atoms with Crippen molar-refractivity contribution in [3.63, 3.8) is 0 Å². The molecule has 102 valence electrons. The van der Waals surface area contributed by atoms with Gasteiger partial charge in [0.15, 0.2) is 0 Å². The highest BCUT2D eigenvalue weighted by Gasteiger charge is 2.28. The molecule has 0 saturated heterocycles. The molecule has 1 rings (SSSR count). The molecular weight excluding hydrogens is 267 g/mol. The summed E-state index contributed by atoms with van der Waals surface area (Å²) in [5.74, 6) is 0.374. The third kappa shape index (κ3) is 6.83. The Morgan fingerprint density at radius 2 is 1.78 bits per heavy atom. The van der Waals surface area contributed by atoms with E-state index in [1.165, 1.54) is 0 Å². The van der Waals surface area contributed by atoms with E-state index >= 15 is 0 Å². The molecule has 6 heteroatoms. The first kappa shape index (κ1) is 15.3. The second-order valence-corrected chi connectivity index (χ2v) is 4.12. The van der Waals surface area contributed by atoms with Crippen molar-refractivity contribution < 1.29 is 17.9 Å². The number of alkyl halides is 4. The van der Waals surface area contributed by atoms with Crippen LogP contribution < -0.4 is 0 Å². The summed E-state index contributed by atoms with van der Waals surface area (Å²) in [6.45, 7) is 0.904. The molecule has 0 atom stereocenters. The normalized spacial score (nSPS) is 12.1. The predicted molar refractivity (Wildman–Crippen MR) is 64.4 cm³/mol. The van der Waals surface area contributed by atoms with Crippen LogP contribution in [0.25, 0.3) is 0 Å². The zero-order chi connectivity index (χ0) is 13.4. The van der Waals surface area contributed by atoms with E-state index < -0.39 is 6.36 Å². The van der Waals surface area contributed by atoms with Crippen LogP contribution in [0.5, 0.6) is 0 Å². The first-order valence-electron chi connectivity index (χ1n) is 5.54. The Bertz CT molecular complexity index is 332. The third-order valence-electron chi connectivity index (χ3n) is 2.32. The zero-order valence-electron chi connectivity index (χ0n) is 9.79. The molecule has 0 unspecified atom stereocenters. The average molecular weight is 282 g/mol. The van der Waals surface area contributed by atoms with E-state index in [4.69, 9.17) is 11.6 Å². The van der Waals surface area contributed by atoms with Crippen LogP contribution >= 0.6 is 11.6 Å². The fraction of sp³-hybridized carbons (Fsp3) is 0.500. The quantitative estimate of drug-likeness (QED) is 0.711. The van der Waals surface area contributed by atoms with Crippen LogP contribution in [0.2, 0.25) is 0 Å². The Labute approximate surface area is 109 Å². The zero-order valence-corrected chi connectivity index (χ0v) is 10.5. The second kappa shape index (κ2) is 7.61. The molecule has 0 aliphatic rings. The molecule has 2 nitrogen and oxygen atoms in total. The van der Waals surface area contributed by atoms with Crippen LogP contribution in [0.15, 0.2) is 30.3 Å². The van der Waals surface area contributed by atoms with Gasteiger partial charge in [-0.2, -0.15) is 0 Å². The van der Waals surface area contributed by atoms with Gasteiger partial charge in [-0.15, -0.1) is 24.8 Å². The molecular formula is C12H15ClF3NO. The number of benzene rings is 1. The molecule has 0 heterocycles. The minimum atomic E-state index is -4.57. The molecule has 0 saturated carbocycles. The van der Waals surface area contributed by atoms with Gasteiger partial charge in [-0.25, -0.2) is 0 Å². The summed E-state index contributed by atoms with van der Waals surface area (Å²) >= 11 is 5.63. The van der Waals surface area contributed by atoms with Crippen LogP contribution in [0.4, 0.5) is 13.2 Å². The lowest BCUT2D eigenvalue weighted by Crippen LogP contribution is -2.31. The highest BCUT2D eigenvalue weighted by Crippen LogP contribution is 2.16. The molecule has 0 N–H and O–H groups in total. The van der Waals surface area contributed by atoms with Crippen molar-refractivity contribution in [1.82, 2.24) is 4.90 Å². The van der Waals surface area contributed by atoms with Crippen LogP contribution in [-0.4, -0.2) is 36.8 Å². The largest absolute Gasteiger partial charge is 0.522 e. The van der Waals surface area contributed by atoms with Gasteiger partial charge in [0.2, 0.25) is 0 Å². The summed E-state index contributed by atoms with van der Waals surface area (Å²) in [7, 11) is 0. The molecule has 0 amide bonds. The topological polar surface area (TPSA) is 12.5 Å². The second-order valence-electron chi connectivity index (χ2n) is 3.74. The first-order valence-corrected chi connectivity index (χ1v) is 6.07. The lowest BCUT2D eigenvalue weighted by atomic mass is 10.2. The Kier molecular flexibility index (Phi) is 6.46. The lowest BCUT2D eigenvalue weighted by Gasteiger charge is -2.21. The van der Waals surface area contributed by atoms with Crippen molar-refractivity contribution in [1.29, 1.82) is 0 Å². The molecule has 1 aromatic rings. The Morgan fingerprint density at radius 1 is 1.11 bits per heavy atom. The van der Waals surface area contributed by atoms with Gasteiger partial charge < -0.3 is 0 Å². The minimum absolute atomic E-state index is 0.196. The van der Waals surface area contributed by atoms with Gasteiger partial charge in [0.05, 0.1) is 6.61 Å². The molecule has 0 radical (unpaired) electrons. The van der Waals surface area contributed by atoms with E-state index in [1.807, 2.05) is 35.2 Å². The Balaban J connectivity index is 2.40. The fourth-order valence-corrected chi connectivity index (χ4v) is 1.76. The van der Waals surface area contributed by atoms with E-state index in [2.05, 4.69) is 4.74 Å². The molecule has 0 aromatic heterocycles. The number of nitrogens with zero attached hydrogens (tertiary/aromatic N) is 1. The van der Waals surface area contributed by atoms with E-state index in [0.29, 0.717) is 19.0 Å². The summed E-state index contributed by atoms with van der Waals surface area (Å²) in [6, 6.07) is 9.51. The summed E-state index contributed by atoms with van der Waals surface area (Å²) < 4.78 is 39.3. The maximum atomic E-state index is 11.9. The molecule has 0 aliphatic heterocycles. The summed E-state index contributed by atoms with van der Waals surface area (Å²) in [4.78, 5) is 1.83. The van der Waals surface area contributed by atoms with Crippen LogP contribution in [0.3, 0.4) is 0 Å². The maximum Gasteiger partial charge on any atom is 0.522 e. The number of hydrogen-bond acceptors (Lipinski definition) is 2. The van der Waals surface area contributed by atoms with Gasteiger partial charge in [0.25, 0.3) is 0 Å². The fourth-order valence-electron chi connectivity index (χ4n) is 1.52. The average Bonchev–Trinajstić information content (AvgIpc) is 2.29. The van der Waals surface area contributed by atoms with Crippen molar-refractivity contribution in [2.24, 2.45) is 0 Å². The van der Waals surface area contributed by atoms with Gasteiger partial charge in [0.1, 0.15) is 0 Å². The van der Waals surface area contributed by atoms with Gasteiger partial charge in [-0.05, 0) is 5.56 Å². The standard InChI is InChI=1S/C12H15ClF3NO/c13-6-7-17(8-9-18-12(14,15)16)10-11-4-2-1-3-5-11/h1-5H,6-10H2. The number of ether oxygens (including phenoxy) is 1. The maximum absolute atomic E-state index is 11.9. The van der Waals surface area contributed by atoms with Crippen LogP contribution in [0.1, 0.15) is 5.56 Å². The van der Waals surface area contributed by atoms with Gasteiger partial charge in [0, 0.05) is 25.5 Å². The molecule has 1 aromatic carbocycles. The summed E-state index contributed by atoms with van der Waals surface area (Å²) in [5, 5.41) is 0. The van der Waals surface area contributed by atoms with Gasteiger partial charge in [-0.1, -0.05) is 30.3 Å². The number of rotatable bonds is 7. The summed E-state index contributed by atoms with van der Waals surface area (Å²) in [6.07, 6.45) is -4.57. The van der Waals surface area contributed by atoms with E-state index in [9.17, 15) is 13.2 Å². The van der Waals surface area contributed by atoms with Crippen molar-refractivity contribution in [3.8, 4) is 0 Å². The molecule has 0 fully saturated rings. The van der Waals surface area contributed by atoms with E-state index in [0.717, 1.165) is 5.56 Å². The highest BCUT2D eigenvalue weighted by atomic mass is 35.5. The van der Waals surface area contributed by atoms with Gasteiger partial charge in [-0.3, -0.25) is 9.64 Å². The minimum Gasteiger partial charge on any atom is -0.296 e. The molecule has 0 bridgehead atoms. The summed E-state index contributed by atoms with van der Waals surface area (Å²) in [5.41, 5.74) is 1.04. The van der Waals surface area contributed by atoms with Crippen LogP contribution in [0, 0.1) is 0 Å². The predicted octanol–water partition coefficient (Wildman–Crippen LogP) is 3.26. The Hall–Kier alpha value is -0.780. The lowest BCUT2D eigenvalue weighted by molar-refractivity contribution is -0.325. The van der Waals surface area contributed by atoms with Gasteiger partial charge >= 0.3 is 6.36 Å². The van der Waals surface area contributed by atoms with Crippen molar-refractivity contribution in [2.75, 3.05) is 25.6 Å². The van der Waals surface area contributed by atoms with E-state index in [-0.39, 0.29) is 13.2 Å². The van der Waals surface area contributed by atoms with Crippen molar-refractivity contribution in [3.05, 3.63) is 35.9 Å². The third-order valence-corrected chi connectivity index (χ3v) is 2.49. The molecule has 18 heavy (non-hydrogen) atoms.